The van der Waals surface area contributed by atoms with E-state index in [1.807, 2.05) is 0 Å². The number of hydrogen-bond acceptors (Lipinski definition) is 9. The van der Waals surface area contributed by atoms with Gasteiger partial charge in [-0.3, -0.25) is 14.4 Å². The standard InChI is InChI=1S/C17H24O9/c1-11(18)5-8-14(21)24-17(4,25-15(22)9-6-12(2)19)26-16(23)10-7-13(3)20/h5-10H2,1-4H3. The van der Waals surface area contributed by atoms with Crippen molar-refractivity contribution >= 4 is 35.3 Å². The lowest BCUT2D eigenvalue weighted by atomic mass is 10.2. The molecule has 9 heteroatoms. The van der Waals surface area contributed by atoms with Crippen LogP contribution in [-0.4, -0.2) is 41.2 Å². The zero-order valence-electron chi connectivity index (χ0n) is 15.4. The second-order valence-electron chi connectivity index (χ2n) is 5.89. The number of carbonyl (C=O) groups excluding carboxylic acids is 6. The van der Waals surface area contributed by atoms with Gasteiger partial charge in [0.25, 0.3) is 0 Å². The molecule has 0 N–H and O–H groups in total. The molecule has 0 rings (SSSR count). The average molecular weight is 372 g/mol. The van der Waals surface area contributed by atoms with Gasteiger partial charge in [-0.25, -0.2) is 0 Å². The molecule has 0 amide bonds. The smallest absolute Gasteiger partial charge is 0.388 e. The second kappa shape index (κ2) is 11.1. The lowest BCUT2D eigenvalue weighted by Gasteiger charge is -2.27. The Morgan fingerprint density at radius 3 is 0.962 bits per heavy atom. The third-order valence-corrected chi connectivity index (χ3v) is 2.94. The molecule has 0 fully saturated rings. The van der Waals surface area contributed by atoms with E-state index in [1.165, 1.54) is 20.8 Å². The van der Waals surface area contributed by atoms with Gasteiger partial charge in [0.15, 0.2) is 0 Å². The van der Waals surface area contributed by atoms with Gasteiger partial charge in [0.05, 0.1) is 26.2 Å². The fourth-order valence-corrected chi connectivity index (χ4v) is 1.67. The summed E-state index contributed by atoms with van der Waals surface area (Å²) < 4.78 is 14.7. The predicted octanol–water partition coefficient (Wildman–Crippen LogP) is 1.40. The average Bonchev–Trinajstić information content (AvgIpc) is 2.48. The molecule has 0 atom stereocenters. The van der Waals surface area contributed by atoms with E-state index >= 15 is 0 Å². The molecular formula is C17H24O9. The van der Waals surface area contributed by atoms with Gasteiger partial charge in [0.2, 0.25) is 0 Å². The first kappa shape index (κ1) is 23.4. The van der Waals surface area contributed by atoms with Crippen LogP contribution in [0.2, 0.25) is 0 Å². The van der Waals surface area contributed by atoms with Crippen LogP contribution in [0.5, 0.6) is 0 Å². The molecule has 9 nitrogen and oxygen atoms in total. The van der Waals surface area contributed by atoms with Crippen molar-refractivity contribution < 1.29 is 43.0 Å². The molecule has 0 aliphatic rings. The maximum absolute atomic E-state index is 11.8. The molecule has 0 bridgehead atoms. The summed E-state index contributed by atoms with van der Waals surface area (Å²) >= 11 is 0. The first-order chi connectivity index (χ1) is 11.9. The number of Topliss-reactive ketones (excluding diaryl/α,β-unsaturated/α-hetero) is 3. The van der Waals surface area contributed by atoms with Gasteiger partial charge in [-0.05, 0) is 20.8 Å². The van der Waals surface area contributed by atoms with E-state index in [-0.39, 0.29) is 55.9 Å². The SMILES string of the molecule is CC(=O)CCC(=O)OC(C)(OC(=O)CCC(C)=O)OC(=O)CCC(C)=O. The van der Waals surface area contributed by atoms with E-state index in [0.717, 1.165) is 6.92 Å². The molecule has 0 aromatic heterocycles. The summed E-state index contributed by atoms with van der Waals surface area (Å²) in [5, 5.41) is 0. The molecule has 0 heterocycles. The van der Waals surface area contributed by atoms with Crippen LogP contribution < -0.4 is 0 Å². The van der Waals surface area contributed by atoms with Crippen molar-refractivity contribution in [2.45, 2.75) is 72.2 Å². The lowest BCUT2D eigenvalue weighted by Crippen LogP contribution is -2.42. The van der Waals surface area contributed by atoms with Crippen LogP contribution in [0.4, 0.5) is 0 Å². The van der Waals surface area contributed by atoms with Gasteiger partial charge in [-0.15, -0.1) is 0 Å². The summed E-state index contributed by atoms with van der Waals surface area (Å²) in [5.74, 6) is -5.85. The van der Waals surface area contributed by atoms with E-state index in [2.05, 4.69) is 0 Å². The molecule has 0 aliphatic heterocycles. The molecule has 0 spiro atoms. The quantitative estimate of drug-likeness (QED) is 0.368. The number of hydrogen-bond donors (Lipinski definition) is 0. The van der Waals surface area contributed by atoms with Crippen LogP contribution in [0.3, 0.4) is 0 Å². The summed E-state index contributed by atoms with van der Waals surface area (Å²) in [4.78, 5) is 68.2. The number of rotatable bonds is 12. The fourth-order valence-electron chi connectivity index (χ4n) is 1.67. The van der Waals surface area contributed by atoms with Crippen molar-refractivity contribution in [2.24, 2.45) is 0 Å². The van der Waals surface area contributed by atoms with Gasteiger partial charge in [-0.2, -0.15) is 0 Å². The van der Waals surface area contributed by atoms with Gasteiger partial charge < -0.3 is 28.6 Å². The fraction of sp³-hybridized carbons (Fsp3) is 0.647. The largest absolute Gasteiger partial charge is 0.420 e. The molecule has 0 saturated carbocycles. The van der Waals surface area contributed by atoms with E-state index in [1.54, 1.807) is 0 Å². The second-order valence-corrected chi connectivity index (χ2v) is 5.89. The topological polar surface area (TPSA) is 130 Å². The van der Waals surface area contributed by atoms with Crippen LogP contribution >= 0.6 is 0 Å². The van der Waals surface area contributed by atoms with E-state index in [0.29, 0.717) is 0 Å². The summed E-state index contributed by atoms with van der Waals surface area (Å²) in [7, 11) is 0. The zero-order valence-corrected chi connectivity index (χ0v) is 15.4. The Morgan fingerprint density at radius 1 is 0.538 bits per heavy atom. The monoisotopic (exact) mass is 372 g/mol. The molecule has 0 radical (unpaired) electrons. The summed E-state index contributed by atoms with van der Waals surface area (Å²) in [6.07, 6.45) is -1.15. The molecule has 0 unspecified atom stereocenters. The molecule has 0 saturated heterocycles. The number of esters is 3. The van der Waals surface area contributed by atoms with Crippen LogP contribution in [0.25, 0.3) is 0 Å². The van der Waals surface area contributed by atoms with Crippen LogP contribution in [0.15, 0.2) is 0 Å². The van der Waals surface area contributed by atoms with Gasteiger partial charge >= 0.3 is 23.9 Å². The summed E-state index contributed by atoms with van der Waals surface area (Å²) in [5.41, 5.74) is 0. The molecular weight excluding hydrogens is 348 g/mol. The molecule has 0 aromatic carbocycles. The minimum absolute atomic E-state index is 0.0918. The predicted molar refractivity (Wildman–Crippen MR) is 86.4 cm³/mol. The zero-order chi connectivity index (χ0) is 20.3. The summed E-state index contributed by atoms with van der Waals surface area (Å²) in [6.45, 7) is 4.90. The van der Waals surface area contributed by atoms with E-state index < -0.39 is 23.9 Å². The van der Waals surface area contributed by atoms with Crippen LogP contribution in [0, 0.1) is 0 Å². The highest BCUT2D eigenvalue weighted by Crippen LogP contribution is 2.19. The van der Waals surface area contributed by atoms with Crippen LogP contribution in [0.1, 0.15) is 66.2 Å². The first-order valence-corrected chi connectivity index (χ1v) is 8.07. The Morgan fingerprint density at radius 2 is 0.769 bits per heavy atom. The van der Waals surface area contributed by atoms with Crippen molar-refractivity contribution in [3.05, 3.63) is 0 Å². The highest BCUT2D eigenvalue weighted by Gasteiger charge is 2.38. The van der Waals surface area contributed by atoms with Crippen molar-refractivity contribution in [3.63, 3.8) is 0 Å². The highest BCUT2D eigenvalue weighted by atomic mass is 16.9. The number of ether oxygens (including phenoxy) is 3. The molecule has 146 valence electrons. The minimum atomic E-state index is -2.35. The maximum atomic E-state index is 11.8. The Bertz CT molecular complexity index is 498. The van der Waals surface area contributed by atoms with Crippen molar-refractivity contribution in [1.82, 2.24) is 0 Å². The number of ketones is 3. The van der Waals surface area contributed by atoms with Crippen molar-refractivity contribution in [2.75, 3.05) is 0 Å². The summed E-state index contributed by atoms with van der Waals surface area (Å²) in [6, 6.07) is 0. The molecule has 0 aliphatic carbocycles. The van der Waals surface area contributed by atoms with Gasteiger partial charge in [-0.1, -0.05) is 0 Å². The third kappa shape index (κ3) is 11.9. The Hall–Kier alpha value is -2.58. The first-order valence-electron chi connectivity index (χ1n) is 8.07. The maximum Gasteiger partial charge on any atom is 0.420 e. The van der Waals surface area contributed by atoms with E-state index in [4.69, 9.17) is 14.2 Å². The normalized spacial score (nSPS) is 10.6. The molecule has 0 aromatic rings. The minimum Gasteiger partial charge on any atom is -0.388 e. The van der Waals surface area contributed by atoms with Gasteiger partial charge in [0, 0.05) is 19.3 Å². The Labute approximate surface area is 151 Å². The number of carbonyl (C=O) groups is 6. The Balaban J connectivity index is 4.98. The van der Waals surface area contributed by atoms with Crippen LogP contribution in [-0.2, 0) is 43.0 Å². The third-order valence-electron chi connectivity index (χ3n) is 2.94. The van der Waals surface area contributed by atoms with E-state index in [9.17, 15) is 28.8 Å². The van der Waals surface area contributed by atoms with Crippen molar-refractivity contribution in [1.29, 1.82) is 0 Å². The van der Waals surface area contributed by atoms with Gasteiger partial charge in [0.1, 0.15) is 17.3 Å². The van der Waals surface area contributed by atoms with Crippen molar-refractivity contribution in [3.8, 4) is 0 Å². The Kier molecular flexibility index (Phi) is 10.0. The molecule has 26 heavy (non-hydrogen) atoms. The highest BCUT2D eigenvalue weighted by molar-refractivity contribution is 5.83. The lowest BCUT2D eigenvalue weighted by molar-refractivity contribution is -0.320.